The molecule has 1 aromatic heterocycles. The molecule has 0 amide bonds. The number of esters is 1. The van der Waals surface area contributed by atoms with E-state index < -0.39 is 5.97 Å². The van der Waals surface area contributed by atoms with Gasteiger partial charge in [0.1, 0.15) is 17.3 Å². The van der Waals surface area contributed by atoms with E-state index in [2.05, 4.69) is 4.98 Å². The number of ketones is 1. The summed E-state index contributed by atoms with van der Waals surface area (Å²) < 4.78 is 23.4. The lowest BCUT2D eigenvalue weighted by Crippen LogP contribution is -2.11. The summed E-state index contributed by atoms with van der Waals surface area (Å²) in [4.78, 5) is 26.5. The topological polar surface area (TPSA) is 68.4 Å². The molecule has 0 aliphatic carbocycles. The molecule has 0 unspecified atom stereocenters. The minimum atomic E-state index is -0.495. The molecule has 24 heavy (non-hydrogen) atoms. The molecule has 128 valence electrons. The molecule has 6 heteroatoms. The average molecular weight is 333 g/mol. The Balaban J connectivity index is 1.80. The summed E-state index contributed by atoms with van der Waals surface area (Å²) in [6.07, 6.45) is 0.501. The molecule has 2 rings (SSSR count). The number of rotatable bonds is 7. The molecule has 1 N–H and O–H groups in total. The molecular formula is C18H20FNO4. The summed E-state index contributed by atoms with van der Waals surface area (Å²) >= 11 is 0. The zero-order valence-corrected chi connectivity index (χ0v) is 13.9. The summed E-state index contributed by atoms with van der Waals surface area (Å²) in [6.45, 7) is 5.46. The third-order valence-corrected chi connectivity index (χ3v) is 3.60. The number of aromatic nitrogens is 1. The van der Waals surface area contributed by atoms with Crippen LogP contribution in [0.2, 0.25) is 0 Å². The van der Waals surface area contributed by atoms with Crippen molar-refractivity contribution in [1.82, 2.24) is 4.98 Å². The van der Waals surface area contributed by atoms with Crippen LogP contribution in [-0.4, -0.2) is 30.0 Å². The summed E-state index contributed by atoms with van der Waals surface area (Å²) in [7, 11) is 0. The van der Waals surface area contributed by atoms with Crippen molar-refractivity contribution in [2.24, 2.45) is 0 Å². The summed E-state index contributed by atoms with van der Waals surface area (Å²) in [5.74, 6) is -0.347. The van der Waals surface area contributed by atoms with Crippen LogP contribution in [0.25, 0.3) is 0 Å². The van der Waals surface area contributed by atoms with Crippen molar-refractivity contribution in [3.05, 3.63) is 52.6 Å². The highest BCUT2D eigenvalue weighted by Crippen LogP contribution is 2.19. The first-order valence-electron chi connectivity index (χ1n) is 7.65. The number of benzene rings is 1. The minimum absolute atomic E-state index is 0.0898. The van der Waals surface area contributed by atoms with Gasteiger partial charge >= 0.3 is 5.97 Å². The maximum atomic E-state index is 12.8. The van der Waals surface area contributed by atoms with Gasteiger partial charge in [0.2, 0.25) is 0 Å². The molecule has 0 radical (unpaired) electrons. The van der Waals surface area contributed by atoms with Crippen molar-refractivity contribution in [2.45, 2.75) is 27.2 Å². The number of halogens is 1. The molecule has 5 nitrogen and oxygen atoms in total. The normalized spacial score (nSPS) is 10.5. The lowest BCUT2D eigenvalue weighted by Gasteiger charge is -2.07. The molecule has 0 atom stereocenters. The number of carbonyl (C=O) groups excluding carboxylic acids is 2. The van der Waals surface area contributed by atoms with Crippen molar-refractivity contribution in [1.29, 1.82) is 0 Å². The number of carbonyl (C=O) groups is 2. The van der Waals surface area contributed by atoms with Crippen LogP contribution >= 0.6 is 0 Å². The van der Waals surface area contributed by atoms with E-state index in [-0.39, 0.29) is 18.2 Å². The van der Waals surface area contributed by atoms with Gasteiger partial charge < -0.3 is 14.5 Å². The van der Waals surface area contributed by atoms with Gasteiger partial charge in [-0.05, 0) is 50.6 Å². The lowest BCUT2D eigenvalue weighted by atomic mass is 10.1. The van der Waals surface area contributed by atoms with Crippen LogP contribution in [0.1, 0.15) is 45.4 Å². The second-order valence-corrected chi connectivity index (χ2v) is 5.47. The van der Waals surface area contributed by atoms with Gasteiger partial charge in [0.25, 0.3) is 0 Å². The van der Waals surface area contributed by atoms with Gasteiger partial charge in [-0.3, -0.25) is 4.79 Å². The zero-order chi connectivity index (χ0) is 17.7. The minimum Gasteiger partial charge on any atom is -0.493 e. The lowest BCUT2D eigenvalue weighted by molar-refractivity contribution is 0.0479. The third kappa shape index (κ3) is 4.22. The van der Waals surface area contributed by atoms with Crippen molar-refractivity contribution in [2.75, 3.05) is 13.2 Å². The largest absolute Gasteiger partial charge is 0.493 e. The van der Waals surface area contributed by atoms with E-state index in [0.29, 0.717) is 41.3 Å². The highest BCUT2D eigenvalue weighted by molar-refractivity contribution is 6.01. The summed E-state index contributed by atoms with van der Waals surface area (Å²) in [5.41, 5.74) is 2.10. The van der Waals surface area contributed by atoms with E-state index in [4.69, 9.17) is 9.47 Å². The number of Topliss-reactive ketones (excluding diaryl/α,β-unsaturated/α-hetero) is 1. The number of aryl methyl sites for hydroxylation is 1. The number of hydrogen-bond acceptors (Lipinski definition) is 4. The second-order valence-electron chi connectivity index (χ2n) is 5.47. The fraction of sp³-hybridized carbons (Fsp3) is 0.333. The zero-order valence-electron chi connectivity index (χ0n) is 13.9. The molecule has 1 heterocycles. The van der Waals surface area contributed by atoms with Crippen molar-refractivity contribution >= 4 is 11.8 Å². The van der Waals surface area contributed by atoms with Crippen molar-refractivity contribution < 1.29 is 23.5 Å². The smallest absolute Gasteiger partial charge is 0.355 e. The van der Waals surface area contributed by atoms with Crippen LogP contribution in [-0.2, 0) is 4.74 Å². The van der Waals surface area contributed by atoms with Crippen LogP contribution < -0.4 is 4.74 Å². The van der Waals surface area contributed by atoms with E-state index in [9.17, 15) is 14.0 Å². The molecule has 0 aliphatic heterocycles. The maximum absolute atomic E-state index is 12.8. The molecule has 2 aromatic rings. The molecular weight excluding hydrogens is 313 g/mol. The van der Waals surface area contributed by atoms with E-state index in [1.165, 1.54) is 31.2 Å². The average Bonchev–Trinajstić information content (AvgIpc) is 2.83. The predicted molar refractivity (Wildman–Crippen MR) is 87.1 cm³/mol. The van der Waals surface area contributed by atoms with Gasteiger partial charge in [-0.15, -0.1) is 0 Å². The van der Waals surface area contributed by atoms with Crippen LogP contribution in [0.15, 0.2) is 24.3 Å². The Hall–Kier alpha value is -2.63. The summed E-state index contributed by atoms with van der Waals surface area (Å²) in [5, 5.41) is 0. The third-order valence-electron chi connectivity index (χ3n) is 3.60. The Morgan fingerprint density at radius 1 is 1.12 bits per heavy atom. The molecule has 0 aliphatic rings. The first-order chi connectivity index (χ1) is 11.4. The molecule has 0 bridgehead atoms. The fourth-order valence-corrected chi connectivity index (χ4v) is 2.50. The first kappa shape index (κ1) is 17.7. The van der Waals surface area contributed by atoms with Gasteiger partial charge in [-0.1, -0.05) is 0 Å². The maximum Gasteiger partial charge on any atom is 0.355 e. The van der Waals surface area contributed by atoms with Gasteiger partial charge in [0, 0.05) is 17.7 Å². The molecule has 0 saturated heterocycles. The van der Waals surface area contributed by atoms with E-state index >= 15 is 0 Å². The van der Waals surface area contributed by atoms with Crippen molar-refractivity contribution in [3.8, 4) is 5.75 Å². The Bertz CT molecular complexity index is 734. The van der Waals surface area contributed by atoms with Gasteiger partial charge in [0.05, 0.1) is 13.2 Å². The van der Waals surface area contributed by atoms with Gasteiger partial charge in [-0.2, -0.15) is 0 Å². The number of nitrogens with one attached hydrogen (secondary N) is 1. The monoisotopic (exact) mass is 333 g/mol. The standard InChI is InChI=1S/C18H20FNO4/c1-11-16(13(3)21)12(2)20-17(11)18(22)24-10-4-9-23-15-7-5-14(19)6-8-15/h5-8,20H,4,9-10H2,1-3H3. The number of H-pyrrole nitrogens is 1. The molecule has 1 aromatic carbocycles. The SMILES string of the molecule is CC(=O)c1c(C)[nH]c(C(=O)OCCCOc2ccc(F)cc2)c1C. The fourth-order valence-electron chi connectivity index (χ4n) is 2.50. The Labute approximate surface area is 139 Å². The number of ether oxygens (including phenoxy) is 2. The summed E-state index contributed by atoms with van der Waals surface area (Å²) in [6, 6.07) is 5.71. The second kappa shape index (κ2) is 7.77. The van der Waals surface area contributed by atoms with E-state index in [1.807, 2.05) is 0 Å². The van der Waals surface area contributed by atoms with Crippen molar-refractivity contribution in [3.63, 3.8) is 0 Å². The first-order valence-corrected chi connectivity index (χ1v) is 7.65. The Kier molecular flexibility index (Phi) is 5.73. The van der Waals surface area contributed by atoms with Crippen LogP contribution in [0, 0.1) is 19.7 Å². The molecule has 0 saturated carbocycles. The Morgan fingerprint density at radius 3 is 2.38 bits per heavy atom. The van der Waals surface area contributed by atoms with Crippen LogP contribution in [0.5, 0.6) is 5.75 Å². The highest BCUT2D eigenvalue weighted by Gasteiger charge is 2.20. The van der Waals surface area contributed by atoms with Gasteiger partial charge in [-0.25, -0.2) is 9.18 Å². The van der Waals surface area contributed by atoms with Crippen LogP contribution in [0.3, 0.4) is 0 Å². The van der Waals surface area contributed by atoms with E-state index in [1.54, 1.807) is 13.8 Å². The number of aromatic amines is 1. The Morgan fingerprint density at radius 2 is 1.79 bits per heavy atom. The van der Waals surface area contributed by atoms with E-state index in [0.717, 1.165) is 0 Å². The highest BCUT2D eigenvalue weighted by atomic mass is 19.1. The molecule has 0 fully saturated rings. The molecule has 0 spiro atoms. The van der Waals surface area contributed by atoms with Gasteiger partial charge in [0.15, 0.2) is 5.78 Å². The quantitative estimate of drug-likeness (QED) is 0.477. The van der Waals surface area contributed by atoms with Crippen LogP contribution in [0.4, 0.5) is 4.39 Å². The number of hydrogen-bond donors (Lipinski definition) is 1. The predicted octanol–water partition coefficient (Wildman–Crippen LogP) is 3.60.